The summed E-state index contributed by atoms with van der Waals surface area (Å²) in [5.41, 5.74) is 1.28. The molecule has 0 saturated carbocycles. The number of ether oxygens (including phenoxy) is 7. The molecule has 5 N–H and O–H groups in total. The molecule has 3 saturated heterocycles. The Morgan fingerprint density at radius 2 is 1.40 bits per heavy atom. The second kappa shape index (κ2) is 39.3. The summed E-state index contributed by atoms with van der Waals surface area (Å²) in [6, 6.07) is -0.808. The van der Waals surface area contributed by atoms with Gasteiger partial charge in [0.25, 0.3) is 0 Å². The molecule has 3 aliphatic heterocycles. The van der Waals surface area contributed by atoms with Crippen LogP contribution in [0.15, 0.2) is 58.7 Å². The van der Waals surface area contributed by atoms with Gasteiger partial charge in [-0.2, -0.15) is 0 Å². The van der Waals surface area contributed by atoms with Crippen molar-refractivity contribution in [2.75, 3.05) is 41.4 Å². The lowest BCUT2D eigenvalue weighted by atomic mass is 9.72. The molecule has 0 aromatic heterocycles. The third-order valence-corrected chi connectivity index (χ3v) is 20.1. The highest BCUT2D eigenvalue weighted by Gasteiger charge is 2.53. The summed E-state index contributed by atoms with van der Waals surface area (Å²) in [4.78, 5) is 30.1. The molecule has 4 aliphatic rings. The van der Waals surface area contributed by atoms with Crippen molar-refractivity contribution in [3.63, 3.8) is 0 Å². The minimum atomic E-state index is -1.80. The Bertz CT molecular complexity index is 2260. The standard InChI is InChI=1S/C38H72N2O12.C36H60O2/c1-15-27-38(10,46)31(42)24(6)40(13)19-20(2)17-36(8,45)33(52-35-29(41)26(39(11)12)16-21(3)48-35)22(4)30(23(5)34(44)50-27)51-28-18-37(9,47-14)32(43)25(7)49-28;1-7-8-9-10-11-12-13-14-15-16-17-18-19-25-35(37)38-30-28-32(3)23-20-22-31(2)26-27-34-33(4)24-21-29-36(34,5)6/h20-33,35,41-43,45-46H,15-19H2,1-14H3;20,22-23,26-28H,7-19,21,24-25,29-30H2,1-6H3/b;23-20+,27-26+,31-22+,32-28+/t20-,21-,22+,23-,24-,25+,26+,27-,28+,29-,30+,31-,32+,33-,35+,36-,37-,38-;/m1./s1. The van der Waals surface area contributed by atoms with E-state index >= 15 is 0 Å². The van der Waals surface area contributed by atoms with Crippen LogP contribution in [0, 0.1) is 23.2 Å². The van der Waals surface area contributed by atoms with E-state index in [-0.39, 0.29) is 48.7 Å². The normalized spacial score (nSPS) is 35.7. The summed E-state index contributed by atoms with van der Waals surface area (Å²) < 4.78 is 42.9. The maximum Gasteiger partial charge on any atom is 0.311 e. The summed E-state index contributed by atoms with van der Waals surface area (Å²) in [5, 5.41) is 58.1. The zero-order valence-electron chi connectivity index (χ0n) is 60.2. The minimum Gasteiger partial charge on any atom is -0.461 e. The number of methoxy groups -OCH3 is 1. The Balaban J connectivity index is 0.000000495. The maximum atomic E-state index is 14.2. The molecule has 0 spiro atoms. The fourth-order valence-corrected chi connectivity index (χ4v) is 14.1. The van der Waals surface area contributed by atoms with Crippen LogP contribution in [0.2, 0.25) is 0 Å². The molecule has 522 valence electrons. The molecule has 16 nitrogen and oxygen atoms in total. The van der Waals surface area contributed by atoms with Gasteiger partial charge >= 0.3 is 11.9 Å². The second-order valence-electron chi connectivity index (χ2n) is 29.3. The largest absolute Gasteiger partial charge is 0.461 e. The lowest BCUT2D eigenvalue weighted by molar-refractivity contribution is -0.318. The summed E-state index contributed by atoms with van der Waals surface area (Å²) in [6.07, 6.45) is 26.1. The van der Waals surface area contributed by atoms with Crippen molar-refractivity contribution >= 4 is 11.9 Å². The molecule has 4 rings (SSSR count). The number of likely N-dealkylation sites (N-methyl/N-ethyl adjacent to an activating group) is 2. The van der Waals surface area contributed by atoms with Gasteiger partial charge in [-0.05, 0) is 158 Å². The number of unbranched alkanes of at least 4 members (excludes halogenated alkanes) is 12. The molecule has 0 radical (unpaired) electrons. The number of hydrogen-bond donors (Lipinski definition) is 5. The first-order valence-electron chi connectivity index (χ1n) is 35.0. The van der Waals surface area contributed by atoms with Crippen LogP contribution in [-0.4, -0.2) is 179 Å². The van der Waals surface area contributed by atoms with Gasteiger partial charge in [-0.25, -0.2) is 0 Å². The lowest BCUT2D eigenvalue weighted by Gasteiger charge is -2.48. The first-order valence-corrected chi connectivity index (χ1v) is 35.0. The van der Waals surface area contributed by atoms with E-state index in [1.165, 1.54) is 121 Å². The van der Waals surface area contributed by atoms with Crippen LogP contribution in [0.4, 0.5) is 0 Å². The van der Waals surface area contributed by atoms with Gasteiger partial charge < -0.3 is 68.5 Å². The Morgan fingerprint density at radius 1 is 0.800 bits per heavy atom. The fourth-order valence-electron chi connectivity index (χ4n) is 14.1. The number of cyclic esters (lactones) is 1. The molecule has 0 unspecified atom stereocenters. The number of nitrogens with zero attached hydrogens (tertiary/aromatic N) is 2. The number of hydrogen-bond acceptors (Lipinski definition) is 16. The zero-order chi connectivity index (χ0) is 67.7. The van der Waals surface area contributed by atoms with Crippen LogP contribution >= 0.6 is 0 Å². The van der Waals surface area contributed by atoms with E-state index in [1.54, 1.807) is 41.5 Å². The molecule has 0 aromatic rings. The van der Waals surface area contributed by atoms with E-state index < -0.39 is 96.0 Å². The predicted octanol–water partition coefficient (Wildman–Crippen LogP) is 13.4. The van der Waals surface area contributed by atoms with Gasteiger partial charge in [-0.3, -0.25) is 9.59 Å². The first-order chi connectivity index (χ1) is 42.2. The summed E-state index contributed by atoms with van der Waals surface area (Å²) in [5.74, 6) is -2.66. The van der Waals surface area contributed by atoms with Crippen molar-refractivity contribution in [2.45, 2.75) is 336 Å². The Morgan fingerprint density at radius 3 is 1.97 bits per heavy atom. The van der Waals surface area contributed by atoms with Gasteiger partial charge in [0.1, 0.15) is 36.6 Å². The highest BCUT2D eigenvalue weighted by atomic mass is 16.7. The number of rotatable bonds is 27. The number of aliphatic hydroxyl groups is 5. The molecule has 90 heavy (non-hydrogen) atoms. The van der Waals surface area contributed by atoms with Gasteiger partial charge in [-0.15, -0.1) is 0 Å². The van der Waals surface area contributed by atoms with Crippen molar-refractivity contribution in [2.24, 2.45) is 23.2 Å². The molecule has 1 aliphatic carbocycles. The SMILES string of the molecule is CCCCCCCCCCCCCCCC(=O)OC/C=C(C)/C=C/C=C(C)/C=C/C1=C(C)CCCC1(C)C.CC[C@H]1OC(=O)[C@H](C)[C@@H](O[C@H]2C[C@@](C)(OC)[C@@H](O)[C@H](C)O2)[C@H](C)[C@@H](O[C@@H]2O[C@H](C)C[C@H](N(C)C)[C@H]2O)[C@](C)(O)C[C@@H](C)CN(C)[C@H](C)[C@@H](O)[C@]1(C)O. The summed E-state index contributed by atoms with van der Waals surface area (Å²) in [7, 11) is 7.12. The second-order valence-corrected chi connectivity index (χ2v) is 29.3. The molecule has 18 atom stereocenters. The van der Waals surface area contributed by atoms with E-state index in [2.05, 4.69) is 71.9 Å². The van der Waals surface area contributed by atoms with Gasteiger partial charge in [0, 0.05) is 44.5 Å². The number of aliphatic hydroxyl groups excluding tert-OH is 3. The van der Waals surface area contributed by atoms with Gasteiger partial charge in [-0.1, -0.05) is 166 Å². The Labute approximate surface area is 547 Å². The third kappa shape index (κ3) is 25.7. The molecule has 3 heterocycles. The lowest BCUT2D eigenvalue weighted by Crippen LogP contribution is -2.60. The minimum absolute atomic E-state index is 0.0720. The van der Waals surface area contributed by atoms with Crippen molar-refractivity contribution in [1.29, 1.82) is 0 Å². The number of allylic oxidation sites excluding steroid dienone is 9. The smallest absolute Gasteiger partial charge is 0.311 e. The monoisotopic (exact) mass is 1270 g/mol. The quantitative estimate of drug-likeness (QED) is 0.0295. The van der Waals surface area contributed by atoms with E-state index in [1.807, 2.05) is 57.8 Å². The van der Waals surface area contributed by atoms with Crippen molar-refractivity contribution < 1.29 is 68.3 Å². The van der Waals surface area contributed by atoms with E-state index in [4.69, 9.17) is 33.2 Å². The van der Waals surface area contributed by atoms with Crippen LogP contribution in [-0.2, 0) is 42.7 Å². The Kier molecular flexibility index (Phi) is 35.5. The maximum absolute atomic E-state index is 14.2. The molecule has 0 amide bonds. The summed E-state index contributed by atoms with van der Waals surface area (Å²) in [6.45, 7) is 31.9. The number of carbonyl (C=O) groups is 2. The van der Waals surface area contributed by atoms with E-state index in [9.17, 15) is 35.1 Å². The fraction of sp³-hybridized carbons (Fsp3) is 0.838. The van der Waals surface area contributed by atoms with Crippen molar-refractivity contribution in [3.8, 4) is 0 Å². The molecule has 0 aromatic carbocycles. The van der Waals surface area contributed by atoms with Crippen LogP contribution in [0.3, 0.4) is 0 Å². The summed E-state index contributed by atoms with van der Waals surface area (Å²) >= 11 is 0. The van der Waals surface area contributed by atoms with Gasteiger partial charge in [0.2, 0.25) is 0 Å². The van der Waals surface area contributed by atoms with Gasteiger partial charge in [0.15, 0.2) is 12.6 Å². The highest BCUT2D eigenvalue weighted by molar-refractivity contribution is 5.73. The van der Waals surface area contributed by atoms with Crippen molar-refractivity contribution in [3.05, 3.63) is 58.7 Å². The Hall–Kier alpha value is -2.84. The molecular formula is C74H132N2O14. The van der Waals surface area contributed by atoms with E-state index in [0.29, 0.717) is 26.0 Å². The van der Waals surface area contributed by atoms with E-state index in [0.717, 1.165) is 18.4 Å². The molecular weight excluding hydrogens is 1140 g/mol. The van der Waals surface area contributed by atoms with Crippen LogP contribution in [0.1, 0.15) is 246 Å². The topological polar surface area (TPSA) is 206 Å². The zero-order valence-corrected chi connectivity index (χ0v) is 60.2. The average Bonchev–Trinajstić information content (AvgIpc) is 1.02. The van der Waals surface area contributed by atoms with Crippen LogP contribution in [0.25, 0.3) is 0 Å². The average molecular weight is 1270 g/mol. The number of esters is 2. The number of carbonyl (C=O) groups excluding carboxylic acids is 2. The third-order valence-electron chi connectivity index (χ3n) is 20.1. The van der Waals surface area contributed by atoms with Crippen LogP contribution < -0.4 is 0 Å². The first kappa shape index (κ1) is 81.4. The highest BCUT2D eigenvalue weighted by Crippen LogP contribution is 2.42. The molecule has 3 fully saturated rings. The van der Waals surface area contributed by atoms with Crippen molar-refractivity contribution in [1.82, 2.24) is 9.80 Å². The predicted molar refractivity (Wildman–Crippen MR) is 362 cm³/mol. The van der Waals surface area contributed by atoms with Crippen LogP contribution in [0.5, 0.6) is 0 Å². The molecule has 16 heteroatoms. The molecule has 0 bridgehead atoms. The van der Waals surface area contributed by atoms with Gasteiger partial charge in [0.05, 0.1) is 41.5 Å².